The molecular formula is C15H18ClN3OS2. The van der Waals surface area contributed by atoms with E-state index in [0.717, 1.165) is 15.6 Å². The Bertz CT molecular complexity index is 680. The molecule has 0 bridgehead atoms. The average molecular weight is 356 g/mol. The van der Waals surface area contributed by atoms with Crippen LogP contribution >= 0.6 is 34.7 Å². The van der Waals surface area contributed by atoms with Crippen molar-refractivity contribution < 1.29 is 4.79 Å². The Balaban J connectivity index is 2.00. The number of ketones is 1. The van der Waals surface area contributed by atoms with Crippen molar-refractivity contribution in [2.24, 2.45) is 5.41 Å². The molecule has 0 spiro atoms. The van der Waals surface area contributed by atoms with Crippen molar-refractivity contribution >= 4 is 51.3 Å². The molecule has 7 heteroatoms. The molecule has 1 aromatic heterocycles. The van der Waals surface area contributed by atoms with E-state index in [1.807, 2.05) is 45.9 Å². The molecule has 118 valence electrons. The third-order valence-electron chi connectivity index (χ3n) is 3.08. The zero-order chi connectivity index (χ0) is 16.3. The van der Waals surface area contributed by atoms with Gasteiger partial charge in [-0.2, -0.15) is 0 Å². The Hall–Kier alpha value is -1.11. The van der Waals surface area contributed by atoms with Gasteiger partial charge in [0.15, 0.2) is 4.34 Å². The molecule has 0 aliphatic rings. The molecule has 0 radical (unpaired) electrons. The molecule has 0 unspecified atom stereocenters. The van der Waals surface area contributed by atoms with Gasteiger partial charge < -0.3 is 5.32 Å². The number of aromatic nitrogens is 2. The lowest BCUT2D eigenvalue weighted by Crippen LogP contribution is -2.21. The van der Waals surface area contributed by atoms with Gasteiger partial charge in [-0.1, -0.05) is 61.5 Å². The number of nitrogens with one attached hydrogen (secondary N) is 1. The SMILES string of the molecule is Cc1c(Cl)cccc1Nc1nnc(SCC(=O)C(C)(C)C)s1. The quantitative estimate of drug-likeness (QED) is 0.769. The lowest BCUT2D eigenvalue weighted by Gasteiger charge is -2.15. The number of nitrogens with zero attached hydrogens (tertiary/aromatic N) is 2. The first-order valence-electron chi connectivity index (χ1n) is 6.79. The first kappa shape index (κ1) is 17.2. The van der Waals surface area contributed by atoms with Crippen molar-refractivity contribution in [3.63, 3.8) is 0 Å². The molecule has 2 rings (SSSR count). The minimum atomic E-state index is -0.323. The number of hydrogen-bond donors (Lipinski definition) is 1. The molecule has 0 fully saturated rings. The summed E-state index contributed by atoms with van der Waals surface area (Å²) in [6.45, 7) is 7.71. The van der Waals surface area contributed by atoms with E-state index in [4.69, 9.17) is 11.6 Å². The average Bonchev–Trinajstić information content (AvgIpc) is 2.88. The third-order valence-corrected chi connectivity index (χ3v) is 5.46. The highest BCUT2D eigenvalue weighted by Crippen LogP contribution is 2.31. The van der Waals surface area contributed by atoms with Crippen LogP contribution in [0.5, 0.6) is 0 Å². The van der Waals surface area contributed by atoms with E-state index < -0.39 is 0 Å². The summed E-state index contributed by atoms with van der Waals surface area (Å²) in [5.74, 6) is 0.613. The third kappa shape index (κ3) is 4.44. The molecule has 0 saturated heterocycles. The summed E-state index contributed by atoms with van der Waals surface area (Å²) in [4.78, 5) is 11.9. The fourth-order valence-corrected chi connectivity index (χ4v) is 3.62. The van der Waals surface area contributed by atoms with Gasteiger partial charge in [-0.25, -0.2) is 0 Å². The van der Waals surface area contributed by atoms with Gasteiger partial charge in [-0.05, 0) is 24.6 Å². The molecule has 0 amide bonds. The maximum atomic E-state index is 11.9. The smallest absolute Gasteiger partial charge is 0.210 e. The predicted octanol–water partition coefficient (Wildman–Crippen LogP) is 4.95. The van der Waals surface area contributed by atoms with Crippen LogP contribution in [-0.2, 0) is 4.79 Å². The number of halogens is 1. The zero-order valence-electron chi connectivity index (χ0n) is 12.9. The number of Topliss-reactive ketones (excluding diaryl/α,β-unsaturated/α-hetero) is 1. The normalized spacial score (nSPS) is 11.5. The van der Waals surface area contributed by atoms with Gasteiger partial charge in [0.1, 0.15) is 5.78 Å². The van der Waals surface area contributed by atoms with Gasteiger partial charge >= 0.3 is 0 Å². The number of hydrogen-bond acceptors (Lipinski definition) is 6. The van der Waals surface area contributed by atoms with Crippen molar-refractivity contribution in [1.82, 2.24) is 10.2 Å². The Morgan fingerprint density at radius 1 is 1.36 bits per heavy atom. The molecular weight excluding hydrogens is 338 g/mol. The summed E-state index contributed by atoms with van der Waals surface area (Å²) in [7, 11) is 0. The van der Waals surface area contributed by atoms with E-state index in [1.165, 1.54) is 23.1 Å². The first-order valence-corrected chi connectivity index (χ1v) is 8.97. The summed E-state index contributed by atoms with van der Waals surface area (Å²) in [6, 6.07) is 5.68. The highest BCUT2D eigenvalue weighted by Gasteiger charge is 2.21. The summed E-state index contributed by atoms with van der Waals surface area (Å²) >= 11 is 8.95. The number of benzene rings is 1. The van der Waals surface area contributed by atoms with E-state index in [0.29, 0.717) is 15.9 Å². The largest absolute Gasteiger partial charge is 0.330 e. The Morgan fingerprint density at radius 2 is 2.09 bits per heavy atom. The Morgan fingerprint density at radius 3 is 2.77 bits per heavy atom. The van der Waals surface area contributed by atoms with Crippen LogP contribution in [0.2, 0.25) is 5.02 Å². The molecule has 2 aromatic rings. The first-order chi connectivity index (χ1) is 10.3. The second-order valence-electron chi connectivity index (χ2n) is 5.87. The van der Waals surface area contributed by atoms with Gasteiger partial charge in [0.05, 0.1) is 5.75 Å². The second-order valence-corrected chi connectivity index (χ2v) is 8.48. The number of carbonyl (C=O) groups is 1. The highest BCUT2D eigenvalue weighted by molar-refractivity contribution is 8.01. The van der Waals surface area contributed by atoms with E-state index in [2.05, 4.69) is 15.5 Å². The summed E-state index contributed by atoms with van der Waals surface area (Å²) in [5.41, 5.74) is 1.55. The van der Waals surface area contributed by atoms with Gasteiger partial charge in [-0.15, -0.1) is 10.2 Å². The standard InChI is InChI=1S/C15H18ClN3OS2/c1-9-10(16)6-5-7-11(9)17-13-18-19-14(22-13)21-8-12(20)15(2,3)4/h5-7H,8H2,1-4H3,(H,17,18). The van der Waals surface area contributed by atoms with Gasteiger partial charge in [0.25, 0.3) is 0 Å². The monoisotopic (exact) mass is 355 g/mol. The van der Waals surface area contributed by atoms with Crippen LogP contribution in [0.1, 0.15) is 26.3 Å². The fraction of sp³-hybridized carbons (Fsp3) is 0.400. The number of rotatable bonds is 5. The van der Waals surface area contributed by atoms with Gasteiger partial charge in [0, 0.05) is 16.1 Å². The van der Waals surface area contributed by atoms with Gasteiger partial charge in [0.2, 0.25) is 5.13 Å². The van der Waals surface area contributed by atoms with E-state index in [-0.39, 0.29) is 11.2 Å². The number of carbonyl (C=O) groups excluding carboxylic acids is 1. The van der Waals surface area contributed by atoms with Crippen LogP contribution in [0.4, 0.5) is 10.8 Å². The molecule has 0 atom stereocenters. The van der Waals surface area contributed by atoms with Crippen molar-refractivity contribution in [3.05, 3.63) is 28.8 Å². The minimum absolute atomic E-state index is 0.202. The molecule has 4 nitrogen and oxygen atoms in total. The number of thioether (sulfide) groups is 1. The highest BCUT2D eigenvalue weighted by atomic mass is 35.5. The van der Waals surface area contributed by atoms with Crippen molar-refractivity contribution in [2.75, 3.05) is 11.1 Å². The van der Waals surface area contributed by atoms with Crippen LogP contribution in [0.3, 0.4) is 0 Å². The topological polar surface area (TPSA) is 54.9 Å². The minimum Gasteiger partial charge on any atom is -0.330 e. The summed E-state index contributed by atoms with van der Waals surface area (Å²) in [6.07, 6.45) is 0. The van der Waals surface area contributed by atoms with Crippen molar-refractivity contribution in [1.29, 1.82) is 0 Å². The Kier molecular flexibility index (Phi) is 5.47. The maximum absolute atomic E-state index is 11.9. The van der Waals surface area contributed by atoms with Crippen LogP contribution in [-0.4, -0.2) is 21.7 Å². The predicted molar refractivity (Wildman–Crippen MR) is 94.6 cm³/mol. The van der Waals surface area contributed by atoms with Gasteiger partial charge in [-0.3, -0.25) is 4.79 Å². The molecule has 1 aromatic carbocycles. The van der Waals surface area contributed by atoms with Crippen LogP contribution in [0, 0.1) is 12.3 Å². The Labute approximate surface area is 143 Å². The molecule has 0 aliphatic heterocycles. The van der Waals surface area contributed by atoms with E-state index >= 15 is 0 Å². The summed E-state index contributed by atoms with van der Waals surface area (Å²) < 4.78 is 0.778. The van der Waals surface area contributed by atoms with Crippen LogP contribution < -0.4 is 5.32 Å². The number of anilines is 2. The molecule has 0 aliphatic carbocycles. The molecule has 1 heterocycles. The lowest BCUT2D eigenvalue weighted by molar-refractivity contribution is -0.123. The van der Waals surface area contributed by atoms with Crippen LogP contribution in [0.15, 0.2) is 22.5 Å². The van der Waals surface area contributed by atoms with Crippen molar-refractivity contribution in [3.8, 4) is 0 Å². The fourth-order valence-electron chi connectivity index (χ4n) is 1.52. The summed E-state index contributed by atoms with van der Waals surface area (Å²) in [5, 5.41) is 12.8. The lowest BCUT2D eigenvalue weighted by atomic mass is 9.92. The molecule has 1 N–H and O–H groups in total. The second kappa shape index (κ2) is 6.98. The zero-order valence-corrected chi connectivity index (χ0v) is 15.3. The van der Waals surface area contributed by atoms with E-state index in [9.17, 15) is 4.79 Å². The van der Waals surface area contributed by atoms with Crippen molar-refractivity contribution in [2.45, 2.75) is 32.0 Å². The van der Waals surface area contributed by atoms with E-state index in [1.54, 1.807) is 0 Å². The maximum Gasteiger partial charge on any atom is 0.210 e. The molecule has 22 heavy (non-hydrogen) atoms. The van der Waals surface area contributed by atoms with Crippen LogP contribution in [0.25, 0.3) is 0 Å². The molecule has 0 saturated carbocycles.